The van der Waals surface area contributed by atoms with Crippen LogP contribution in [0.4, 0.5) is 5.69 Å². The van der Waals surface area contributed by atoms with Gasteiger partial charge in [-0.25, -0.2) is 0 Å². The molecule has 0 aromatic heterocycles. The number of unbranched alkanes of at least 4 members (excludes halogenated alkanes) is 3. The number of nitro groups is 1. The topological polar surface area (TPSA) is 446 Å². The number of aliphatic hydroxyl groups excluding tert-OH is 8. The minimum Gasteiger partial charge on any atom is -0.394 e. The summed E-state index contributed by atoms with van der Waals surface area (Å²) in [6.45, 7) is -0.881. The normalized spacial score (nSPS) is 38.9. The Morgan fingerprint density at radius 3 is 1.78 bits per heavy atom. The van der Waals surface area contributed by atoms with Crippen LogP contribution in [-0.4, -0.2) is 217 Å². The zero-order valence-corrected chi connectivity index (χ0v) is 38.5. The first kappa shape index (κ1) is 55.9. The lowest BCUT2D eigenvalue weighted by atomic mass is 9.84. The molecule has 67 heavy (non-hydrogen) atoms. The van der Waals surface area contributed by atoms with E-state index in [1.165, 1.54) is 47.8 Å². The molecule has 25 nitrogen and oxygen atoms in total. The smallest absolute Gasteiger partial charge is 0.269 e. The van der Waals surface area contributed by atoms with Gasteiger partial charge in [0.15, 0.2) is 18.9 Å². The second-order valence-electron chi connectivity index (χ2n) is 17.3. The van der Waals surface area contributed by atoms with Crippen LogP contribution in [0.3, 0.4) is 0 Å². The van der Waals surface area contributed by atoms with Gasteiger partial charge in [0.05, 0.1) is 47.6 Å². The zero-order valence-electron chi connectivity index (χ0n) is 36.9. The highest BCUT2D eigenvalue weighted by Crippen LogP contribution is 2.35. The summed E-state index contributed by atoms with van der Waals surface area (Å²) in [5.74, 6) is 1.35. The number of hydrogen-bond acceptors (Lipinski definition) is 25. The summed E-state index contributed by atoms with van der Waals surface area (Å²) in [6.07, 6.45) is -17.3. The van der Waals surface area contributed by atoms with Gasteiger partial charge in [-0.05, 0) is 48.5 Å². The highest BCUT2D eigenvalue weighted by Gasteiger charge is 2.54. The molecule has 3 saturated heterocycles. The summed E-state index contributed by atoms with van der Waals surface area (Å²) in [5.41, 5.74) is 36.8. The van der Waals surface area contributed by atoms with E-state index in [9.17, 15) is 55.8 Å². The lowest BCUT2D eigenvalue weighted by Crippen LogP contribution is -2.68. The van der Waals surface area contributed by atoms with Crippen molar-refractivity contribution in [3.05, 3.63) is 39.9 Å². The number of thioether (sulfide) groups is 2. The van der Waals surface area contributed by atoms with Crippen LogP contribution in [0, 0.1) is 10.1 Å². The number of amides is 1. The Labute approximate surface area is 396 Å². The van der Waals surface area contributed by atoms with Gasteiger partial charge in [-0.1, -0.05) is 12.8 Å². The van der Waals surface area contributed by atoms with Crippen molar-refractivity contribution in [3.63, 3.8) is 0 Å². The highest BCUT2D eigenvalue weighted by atomic mass is 32.2. The molecule has 5 rings (SSSR count). The van der Waals surface area contributed by atoms with Gasteiger partial charge in [0, 0.05) is 43.1 Å². The molecule has 1 aromatic carbocycles. The summed E-state index contributed by atoms with van der Waals surface area (Å²) < 4.78 is 36.4. The number of carbonyl (C=O) groups is 1. The number of aliphatic hydroxyl groups is 8. The maximum Gasteiger partial charge on any atom is 0.269 e. The molecule has 0 bridgehead atoms. The molecule has 1 amide bonds. The number of rotatable bonds is 24. The Hall–Kier alpha value is -2.01. The van der Waals surface area contributed by atoms with Crippen LogP contribution >= 0.6 is 23.5 Å². The number of non-ortho nitro benzene ring substituents is 1. The van der Waals surface area contributed by atoms with Gasteiger partial charge in [-0.3, -0.25) is 14.9 Å². The minimum atomic E-state index is -1.55. The molecule has 3 heterocycles. The Kier molecular flexibility index (Phi) is 22.1. The lowest BCUT2D eigenvalue weighted by Gasteiger charge is -2.47. The molecular formula is C40H70N8O17S2. The SMILES string of the molecule is NC[C@H]1O[C@@H](O[C@H]2[C@@H](O)[C@H](O[C@@H]3[C@@H](O)[C@H](N)C[C@H](N)[C@H]3O[C@H]3O[C@H](CN)[C@@H](O)[C@H](O)[C@H]3N)O[C@@H]2CSCCCCCCSCC(=O)N[C@H](CO)[C@H](O)c2ccc([N+](=O)[O-])cc2)[C@@H](N)[C@H](O)[C@H]1O. The van der Waals surface area contributed by atoms with E-state index < -0.39 is 140 Å². The molecule has 384 valence electrons. The molecule has 27 heteroatoms. The van der Waals surface area contributed by atoms with Gasteiger partial charge in [0.1, 0.15) is 67.1 Å². The Morgan fingerprint density at radius 1 is 0.716 bits per heavy atom. The summed E-state index contributed by atoms with van der Waals surface area (Å²) in [4.78, 5) is 22.9. The number of carbonyl (C=O) groups excluding carboxylic acids is 1. The van der Waals surface area contributed by atoms with Gasteiger partial charge >= 0.3 is 0 Å². The van der Waals surface area contributed by atoms with Crippen molar-refractivity contribution < 1.29 is 79.0 Å². The predicted octanol–water partition coefficient (Wildman–Crippen LogP) is -5.74. The minimum absolute atomic E-state index is 0.0778. The Morgan fingerprint density at radius 2 is 1.24 bits per heavy atom. The maximum atomic E-state index is 12.6. The van der Waals surface area contributed by atoms with Crippen molar-refractivity contribution in [1.82, 2.24) is 5.32 Å². The Balaban J connectivity index is 1.13. The number of nitrogens with one attached hydrogen (secondary N) is 1. The average molecular weight is 999 g/mol. The van der Waals surface area contributed by atoms with E-state index in [-0.39, 0.29) is 42.6 Å². The highest BCUT2D eigenvalue weighted by molar-refractivity contribution is 8.00. The molecule has 4 aliphatic rings. The zero-order chi connectivity index (χ0) is 49.1. The Bertz CT molecular complexity index is 1670. The van der Waals surface area contributed by atoms with Crippen LogP contribution in [0.2, 0.25) is 0 Å². The fraction of sp³-hybridized carbons (Fsp3) is 0.825. The molecule has 21 N–H and O–H groups in total. The second kappa shape index (κ2) is 26.4. The van der Waals surface area contributed by atoms with E-state index in [4.69, 9.17) is 62.8 Å². The maximum absolute atomic E-state index is 12.6. The third-order valence-corrected chi connectivity index (χ3v) is 14.6. The summed E-state index contributed by atoms with van der Waals surface area (Å²) in [7, 11) is 0. The van der Waals surface area contributed by atoms with Crippen LogP contribution in [0.1, 0.15) is 43.8 Å². The lowest BCUT2D eigenvalue weighted by molar-refractivity contribution is -0.384. The van der Waals surface area contributed by atoms with Crippen LogP contribution < -0.4 is 39.7 Å². The molecule has 4 fully saturated rings. The molecule has 3 aliphatic heterocycles. The number of nitrogens with zero attached hydrogens (tertiary/aromatic N) is 1. The van der Waals surface area contributed by atoms with E-state index in [1.54, 1.807) is 0 Å². The molecule has 0 unspecified atom stereocenters. The van der Waals surface area contributed by atoms with Crippen LogP contribution in [0.5, 0.6) is 0 Å². The fourth-order valence-electron chi connectivity index (χ4n) is 8.35. The molecule has 21 atom stereocenters. The van der Waals surface area contributed by atoms with Gasteiger partial charge < -0.3 is 109 Å². The van der Waals surface area contributed by atoms with Gasteiger partial charge in [0.25, 0.3) is 5.69 Å². The molecule has 0 radical (unpaired) electrons. The molecule has 1 aliphatic carbocycles. The quantitative estimate of drug-likeness (QED) is 0.0261. The van der Waals surface area contributed by atoms with E-state index in [0.29, 0.717) is 17.1 Å². The van der Waals surface area contributed by atoms with Crippen molar-refractivity contribution in [3.8, 4) is 0 Å². The van der Waals surface area contributed by atoms with Crippen molar-refractivity contribution in [2.75, 3.05) is 42.7 Å². The van der Waals surface area contributed by atoms with Crippen LogP contribution in [0.15, 0.2) is 24.3 Å². The second-order valence-corrected chi connectivity index (χ2v) is 19.5. The van der Waals surface area contributed by atoms with Crippen molar-refractivity contribution in [2.24, 2.45) is 34.4 Å². The predicted molar refractivity (Wildman–Crippen MR) is 241 cm³/mol. The van der Waals surface area contributed by atoms with E-state index in [2.05, 4.69) is 5.32 Å². The molecular weight excluding hydrogens is 929 g/mol. The fourth-order valence-corrected chi connectivity index (χ4v) is 10.3. The van der Waals surface area contributed by atoms with Gasteiger partial charge in [0.2, 0.25) is 5.91 Å². The number of nitro benzene ring substituents is 1. The standard InChI is InChI=1S/C40H70N8O17S2/c41-12-22-30(53)32(55)26(45)38(60-22)63-35-20(44)11-19(43)29(52)37(35)65-40-34(57)36(64-39-27(46)33(56)31(54)23(13-42)61-39)24(62-40)15-66-9-3-1-2-4-10-67-16-25(50)47-21(14-49)28(51)17-5-7-18(8-6-17)48(58)59/h5-8,19-24,26-40,49,51-57H,1-4,9-16,41-46H2,(H,47,50)/t19-,20+,21-,22-,23-,24-,26-,27+,28-,29+,30-,31+,32-,33+,34-,35-,36-,37-,38-,39+,40+/m1/s1. The first-order valence-corrected chi connectivity index (χ1v) is 24.6. The molecule has 1 saturated carbocycles. The number of benzene rings is 1. The summed E-state index contributed by atoms with van der Waals surface area (Å²) in [5, 5.41) is 99.0. The van der Waals surface area contributed by atoms with E-state index >= 15 is 0 Å². The largest absolute Gasteiger partial charge is 0.394 e. The average Bonchev–Trinajstić information content (AvgIpc) is 3.60. The van der Waals surface area contributed by atoms with Crippen molar-refractivity contribution >= 4 is 35.1 Å². The van der Waals surface area contributed by atoms with E-state index in [0.717, 1.165) is 25.7 Å². The van der Waals surface area contributed by atoms with Crippen LogP contribution in [-0.2, 0) is 33.2 Å². The van der Waals surface area contributed by atoms with Gasteiger partial charge in [-0.2, -0.15) is 23.5 Å². The van der Waals surface area contributed by atoms with Crippen LogP contribution in [0.25, 0.3) is 0 Å². The first-order chi connectivity index (χ1) is 31.9. The number of ether oxygens (including phenoxy) is 6. The molecule has 1 aromatic rings. The summed E-state index contributed by atoms with van der Waals surface area (Å²) >= 11 is 2.90. The summed E-state index contributed by atoms with van der Waals surface area (Å²) in [6, 6.07) is -0.0466. The van der Waals surface area contributed by atoms with Crippen molar-refractivity contribution in [2.45, 2.75) is 161 Å². The number of nitrogens with two attached hydrogens (primary N) is 6. The van der Waals surface area contributed by atoms with Crippen molar-refractivity contribution in [1.29, 1.82) is 0 Å². The van der Waals surface area contributed by atoms with Gasteiger partial charge in [-0.15, -0.1) is 0 Å². The third-order valence-electron chi connectivity index (χ3n) is 12.4. The first-order valence-electron chi connectivity index (χ1n) is 22.3. The van der Waals surface area contributed by atoms with E-state index in [1.807, 2.05) is 0 Å². The third kappa shape index (κ3) is 14.3. The monoisotopic (exact) mass is 998 g/mol. The number of hydrogen-bond donors (Lipinski definition) is 15. The molecule has 0 spiro atoms.